The van der Waals surface area contributed by atoms with E-state index in [0.29, 0.717) is 25.1 Å². The molecule has 0 radical (unpaired) electrons. The predicted octanol–water partition coefficient (Wildman–Crippen LogP) is 0.906. The minimum absolute atomic E-state index is 0.0639. The third-order valence-corrected chi connectivity index (χ3v) is 4.16. The van der Waals surface area contributed by atoms with Gasteiger partial charge in [0, 0.05) is 45.7 Å². The van der Waals surface area contributed by atoms with Crippen molar-refractivity contribution in [2.75, 3.05) is 25.0 Å². The first-order valence-corrected chi connectivity index (χ1v) is 7.95. The van der Waals surface area contributed by atoms with E-state index in [2.05, 4.69) is 20.3 Å². The molecular weight excluding hydrogens is 294 g/mol. The smallest absolute Gasteiger partial charge is 0.267 e. The molecule has 0 aromatic carbocycles. The van der Waals surface area contributed by atoms with Crippen LogP contribution in [0.4, 0.5) is 5.82 Å². The first-order chi connectivity index (χ1) is 11.1. The van der Waals surface area contributed by atoms with Crippen molar-refractivity contribution in [1.29, 1.82) is 0 Å². The molecule has 0 atom stereocenters. The molecule has 0 bridgehead atoms. The third-order valence-electron chi connectivity index (χ3n) is 4.16. The van der Waals surface area contributed by atoms with E-state index in [1.807, 2.05) is 12.1 Å². The van der Waals surface area contributed by atoms with E-state index in [0.717, 1.165) is 24.5 Å². The summed E-state index contributed by atoms with van der Waals surface area (Å²) < 4.78 is 0. The van der Waals surface area contributed by atoms with Crippen LogP contribution in [0.5, 0.6) is 0 Å². The van der Waals surface area contributed by atoms with Gasteiger partial charge in [-0.1, -0.05) is 0 Å². The number of nitrogens with one attached hydrogen (secondary N) is 1. The number of anilines is 1. The van der Waals surface area contributed by atoms with Crippen molar-refractivity contribution in [3.05, 3.63) is 23.9 Å². The van der Waals surface area contributed by atoms with Crippen LogP contribution in [-0.2, 0) is 16.1 Å². The molecule has 1 saturated heterocycles. The molecule has 2 aliphatic heterocycles. The lowest BCUT2D eigenvalue weighted by molar-refractivity contribution is -0.130. The summed E-state index contributed by atoms with van der Waals surface area (Å²) in [4.78, 5) is 30.2. The van der Waals surface area contributed by atoms with Gasteiger partial charge in [-0.2, -0.15) is 5.10 Å². The molecule has 0 spiro atoms. The van der Waals surface area contributed by atoms with Crippen LogP contribution in [0.25, 0.3) is 0 Å². The van der Waals surface area contributed by atoms with Crippen LogP contribution in [0.1, 0.15) is 31.2 Å². The molecule has 3 heterocycles. The van der Waals surface area contributed by atoms with E-state index >= 15 is 0 Å². The van der Waals surface area contributed by atoms with Gasteiger partial charge in [-0.3, -0.25) is 9.59 Å². The zero-order valence-electron chi connectivity index (χ0n) is 13.3. The van der Waals surface area contributed by atoms with Crippen LogP contribution in [0.3, 0.4) is 0 Å². The zero-order valence-corrected chi connectivity index (χ0v) is 13.3. The number of hydrogen-bond acceptors (Lipinski definition) is 5. The molecule has 23 heavy (non-hydrogen) atoms. The Hall–Kier alpha value is -2.44. The molecule has 1 N–H and O–H groups in total. The van der Waals surface area contributed by atoms with E-state index in [1.54, 1.807) is 13.2 Å². The maximum atomic E-state index is 12.2. The Balaban J connectivity index is 1.60. The fourth-order valence-electron chi connectivity index (χ4n) is 2.81. The van der Waals surface area contributed by atoms with E-state index in [4.69, 9.17) is 0 Å². The molecule has 1 fully saturated rings. The van der Waals surface area contributed by atoms with Crippen LogP contribution in [0.2, 0.25) is 0 Å². The Morgan fingerprint density at radius 3 is 2.83 bits per heavy atom. The molecular formula is C16H21N5O2. The second kappa shape index (κ2) is 6.76. The summed E-state index contributed by atoms with van der Waals surface area (Å²) in [6.45, 7) is 2.51. The van der Waals surface area contributed by atoms with Gasteiger partial charge in [0.25, 0.3) is 5.91 Å². The van der Waals surface area contributed by atoms with Gasteiger partial charge >= 0.3 is 0 Å². The summed E-state index contributed by atoms with van der Waals surface area (Å²) in [7, 11) is 1.57. The van der Waals surface area contributed by atoms with Gasteiger partial charge in [-0.15, -0.1) is 0 Å². The monoisotopic (exact) mass is 315 g/mol. The average molecular weight is 315 g/mol. The number of carbonyl (C=O) groups excluding carboxylic acids is 2. The maximum Gasteiger partial charge on any atom is 0.267 e. The van der Waals surface area contributed by atoms with Crippen molar-refractivity contribution in [3.8, 4) is 0 Å². The molecule has 2 aliphatic rings. The van der Waals surface area contributed by atoms with E-state index in [1.165, 1.54) is 17.9 Å². The van der Waals surface area contributed by atoms with Crippen molar-refractivity contribution < 1.29 is 9.59 Å². The number of nitrogens with zero attached hydrogens (tertiary/aromatic N) is 4. The van der Waals surface area contributed by atoms with Gasteiger partial charge in [0.05, 0.1) is 0 Å². The first-order valence-electron chi connectivity index (χ1n) is 7.95. The summed E-state index contributed by atoms with van der Waals surface area (Å²) >= 11 is 0. The lowest BCUT2D eigenvalue weighted by Gasteiger charge is -2.19. The topological polar surface area (TPSA) is 77.9 Å². The van der Waals surface area contributed by atoms with Crippen molar-refractivity contribution in [3.63, 3.8) is 0 Å². The van der Waals surface area contributed by atoms with Crippen LogP contribution in [-0.4, -0.2) is 47.7 Å². The zero-order chi connectivity index (χ0) is 16.2. The minimum Gasteiger partial charge on any atom is -0.357 e. The van der Waals surface area contributed by atoms with E-state index < -0.39 is 0 Å². The SMILES string of the molecule is CN1N=C(C(=O)NCc2ccnc(N3CCCC3)c2)CCC1=O. The number of rotatable bonds is 4. The van der Waals surface area contributed by atoms with Crippen LogP contribution >= 0.6 is 0 Å². The molecule has 0 saturated carbocycles. The Morgan fingerprint density at radius 2 is 2.09 bits per heavy atom. The number of hydrogen-bond donors (Lipinski definition) is 1. The molecule has 7 heteroatoms. The molecule has 3 rings (SSSR count). The largest absolute Gasteiger partial charge is 0.357 e. The highest BCUT2D eigenvalue weighted by molar-refractivity contribution is 6.39. The van der Waals surface area contributed by atoms with Crippen molar-refractivity contribution in [2.45, 2.75) is 32.2 Å². The van der Waals surface area contributed by atoms with Gasteiger partial charge in [0.1, 0.15) is 11.5 Å². The number of pyridine rings is 1. The van der Waals surface area contributed by atoms with Crippen LogP contribution in [0.15, 0.2) is 23.4 Å². The van der Waals surface area contributed by atoms with E-state index in [9.17, 15) is 9.59 Å². The van der Waals surface area contributed by atoms with Crippen LogP contribution in [0, 0.1) is 0 Å². The quantitative estimate of drug-likeness (QED) is 0.896. The average Bonchev–Trinajstić information content (AvgIpc) is 3.10. The Labute approximate surface area is 135 Å². The highest BCUT2D eigenvalue weighted by Gasteiger charge is 2.21. The Morgan fingerprint density at radius 1 is 1.30 bits per heavy atom. The highest BCUT2D eigenvalue weighted by Crippen LogP contribution is 2.18. The maximum absolute atomic E-state index is 12.2. The van der Waals surface area contributed by atoms with Gasteiger partial charge in [-0.05, 0) is 30.5 Å². The molecule has 0 unspecified atom stereocenters. The molecule has 2 amide bonds. The van der Waals surface area contributed by atoms with Crippen molar-refractivity contribution in [1.82, 2.24) is 15.3 Å². The Kier molecular flexibility index (Phi) is 4.55. The fourth-order valence-corrected chi connectivity index (χ4v) is 2.81. The summed E-state index contributed by atoms with van der Waals surface area (Å²) in [5.74, 6) is 0.685. The lowest BCUT2D eigenvalue weighted by Crippen LogP contribution is -2.37. The standard InChI is InChI=1S/C16H21N5O2/c1-20-15(22)5-4-13(19-20)16(23)18-11-12-6-7-17-14(10-12)21-8-2-3-9-21/h6-7,10H,2-5,8-9,11H2,1H3,(H,18,23). The summed E-state index contributed by atoms with van der Waals surface area (Å²) in [5.41, 5.74) is 1.41. The number of amides is 2. The number of aromatic nitrogens is 1. The molecule has 0 aliphatic carbocycles. The van der Waals surface area contributed by atoms with Gasteiger partial charge in [0.2, 0.25) is 5.91 Å². The predicted molar refractivity (Wildman–Crippen MR) is 87.0 cm³/mol. The highest BCUT2D eigenvalue weighted by atomic mass is 16.2. The number of hydrazone groups is 1. The molecule has 122 valence electrons. The summed E-state index contributed by atoms with van der Waals surface area (Å²) in [5, 5.41) is 8.12. The lowest BCUT2D eigenvalue weighted by atomic mass is 10.1. The summed E-state index contributed by atoms with van der Waals surface area (Å²) in [6.07, 6.45) is 4.91. The normalized spacial score (nSPS) is 18.1. The second-order valence-corrected chi connectivity index (χ2v) is 5.86. The van der Waals surface area contributed by atoms with Crippen molar-refractivity contribution in [2.24, 2.45) is 5.10 Å². The van der Waals surface area contributed by atoms with Crippen LogP contribution < -0.4 is 10.2 Å². The number of carbonyl (C=O) groups is 2. The first kappa shape index (κ1) is 15.5. The Bertz CT molecular complexity index is 637. The fraction of sp³-hybridized carbons (Fsp3) is 0.500. The van der Waals surface area contributed by atoms with Gasteiger partial charge in [-0.25, -0.2) is 9.99 Å². The molecule has 1 aromatic heterocycles. The third kappa shape index (κ3) is 3.67. The summed E-state index contributed by atoms with van der Waals surface area (Å²) in [6, 6.07) is 3.92. The van der Waals surface area contributed by atoms with E-state index in [-0.39, 0.29) is 11.8 Å². The van der Waals surface area contributed by atoms with Gasteiger partial charge < -0.3 is 10.2 Å². The molecule has 7 nitrogen and oxygen atoms in total. The second-order valence-electron chi connectivity index (χ2n) is 5.86. The van der Waals surface area contributed by atoms with Gasteiger partial charge in [0.15, 0.2) is 0 Å². The molecule has 1 aromatic rings. The minimum atomic E-state index is -0.219. The van der Waals surface area contributed by atoms with Crippen molar-refractivity contribution >= 4 is 23.3 Å².